The highest BCUT2D eigenvalue weighted by Crippen LogP contribution is 2.40. The van der Waals surface area contributed by atoms with Crippen LogP contribution in [-0.2, 0) is 4.74 Å². The summed E-state index contributed by atoms with van der Waals surface area (Å²) in [6.07, 6.45) is -0.198. The highest BCUT2D eigenvalue weighted by Gasteiger charge is 2.24. The SMILES string of the molecule is Cc1cc(-c2oc3cc(O)cc(O)c3c(=O)c2O)cc(OC2COC2)c1O. The third-order valence-corrected chi connectivity index (χ3v) is 4.36. The molecule has 0 spiro atoms. The number of aryl methyl sites for hydroxylation is 1. The lowest BCUT2D eigenvalue weighted by atomic mass is 10.1. The zero-order chi connectivity index (χ0) is 19.3. The van der Waals surface area contributed by atoms with E-state index < -0.39 is 16.9 Å². The zero-order valence-corrected chi connectivity index (χ0v) is 14.2. The van der Waals surface area contributed by atoms with Crippen LogP contribution in [0.15, 0.2) is 33.5 Å². The van der Waals surface area contributed by atoms with E-state index in [1.54, 1.807) is 6.92 Å². The number of aromatic hydroxyl groups is 4. The van der Waals surface area contributed by atoms with Crippen LogP contribution in [0.1, 0.15) is 5.56 Å². The number of fused-ring (bicyclic) bond motifs is 1. The second kappa shape index (κ2) is 6.10. The van der Waals surface area contributed by atoms with Gasteiger partial charge in [-0.05, 0) is 24.6 Å². The molecule has 0 amide bonds. The number of benzene rings is 2. The molecule has 140 valence electrons. The van der Waals surface area contributed by atoms with Gasteiger partial charge >= 0.3 is 0 Å². The molecule has 1 aliphatic heterocycles. The van der Waals surface area contributed by atoms with Crippen LogP contribution < -0.4 is 10.2 Å². The van der Waals surface area contributed by atoms with Gasteiger partial charge in [0.05, 0.1) is 13.2 Å². The van der Waals surface area contributed by atoms with E-state index in [0.717, 1.165) is 12.1 Å². The molecule has 0 bridgehead atoms. The first-order valence-corrected chi connectivity index (χ1v) is 8.15. The average molecular weight is 372 g/mol. The lowest BCUT2D eigenvalue weighted by molar-refractivity contribution is -0.0803. The van der Waals surface area contributed by atoms with Gasteiger partial charge in [0.2, 0.25) is 11.2 Å². The Morgan fingerprint density at radius 3 is 2.44 bits per heavy atom. The average Bonchev–Trinajstić information content (AvgIpc) is 2.57. The van der Waals surface area contributed by atoms with Crippen molar-refractivity contribution < 1.29 is 34.3 Å². The van der Waals surface area contributed by atoms with Crippen molar-refractivity contribution in [2.75, 3.05) is 13.2 Å². The van der Waals surface area contributed by atoms with Gasteiger partial charge in [0.1, 0.15) is 28.6 Å². The first kappa shape index (κ1) is 17.0. The van der Waals surface area contributed by atoms with Crippen LogP contribution in [0, 0.1) is 6.92 Å². The minimum absolute atomic E-state index is 0.0661. The molecular formula is C19H16O8. The monoisotopic (exact) mass is 372 g/mol. The third kappa shape index (κ3) is 2.80. The Bertz CT molecular complexity index is 1110. The topological polar surface area (TPSA) is 130 Å². The van der Waals surface area contributed by atoms with Crippen LogP contribution in [0.4, 0.5) is 0 Å². The fraction of sp³-hybridized carbons (Fsp3) is 0.211. The molecule has 2 aromatic carbocycles. The van der Waals surface area contributed by atoms with Gasteiger partial charge in [0.25, 0.3) is 0 Å². The first-order chi connectivity index (χ1) is 12.8. The predicted octanol–water partition coefficient (Wildman–Crippen LogP) is 2.37. The minimum Gasteiger partial charge on any atom is -0.508 e. The molecule has 0 atom stereocenters. The quantitative estimate of drug-likeness (QED) is 0.551. The van der Waals surface area contributed by atoms with Crippen LogP contribution in [0.2, 0.25) is 0 Å². The lowest BCUT2D eigenvalue weighted by Gasteiger charge is -2.27. The number of hydrogen-bond donors (Lipinski definition) is 4. The van der Waals surface area contributed by atoms with E-state index in [9.17, 15) is 25.2 Å². The molecule has 0 radical (unpaired) electrons. The van der Waals surface area contributed by atoms with E-state index >= 15 is 0 Å². The molecule has 27 heavy (non-hydrogen) atoms. The molecule has 8 heteroatoms. The lowest BCUT2D eigenvalue weighted by Crippen LogP contribution is -2.38. The normalized spacial score (nSPS) is 14.3. The maximum absolute atomic E-state index is 12.5. The molecule has 8 nitrogen and oxygen atoms in total. The molecule has 4 rings (SSSR count). The van der Waals surface area contributed by atoms with E-state index in [1.165, 1.54) is 12.1 Å². The second-order valence-corrected chi connectivity index (χ2v) is 6.36. The van der Waals surface area contributed by atoms with E-state index in [-0.39, 0.29) is 40.1 Å². The predicted molar refractivity (Wildman–Crippen MR) is 94.6 cm³/mol. The summed E-state index contributed by atoms with van der Waals surface area (Å²) in [5.41, 5.74) is -0.196. The van der Waals surface area contributed by atoms with Crippen molar-refractivity contribution >= 4 is 11.0 Å². The largest absolute Gasteiger partial charge is 0.508 e. The highest BCUT2D eigenvalue weighted by atomic mass is 16.6. The molecule has 1 aliphatic rings. The second-order valence-electron chi connectivity index (χ2n) is 6.36. The van der Waals surface area contributed by atoms with E-state index in [2.05, 4.69) is 0 Å². The van der Waals surface area contributed by atoms with Crippen molar-refractivity contribution in [3.8, 4) is 40.1 Å². The first-order valence-electron chi connectivity index (χ1n) is 8.15. The summed E-state index contributed by atoms with van der Waals surface area (Å²) in [6.45, 7) is 2.44. The van der Waals surface area contributed by atoms with E-state index in [4.69, 9.17) is 13.9 Å². The smallest absolute Gasteiger partial charge is 0.238 e. The molecule has 0 aliphatic carbocycles. The van der Waals surface area contributed by atoms with Crippen molar-refractivity contribution in [1.29, 1.82) is 0 Å². The van der Waals surface area contributed by atoms with Crippen molar-refractivity contribution in [2.45, 2.75) is 13.0 Å². The van der Waals surface area contributed by atoms with Gasteiger partial charge < -0.3 is 34.3 Å². The van der Waals surface area contributed by atoms with Gasteiger partial charge in [-0.2, -0.15) is 0 Å². The highest BCUT2D eigenvalue weighted by molar-refractivity contribution is 5.88. The fourth-order valence-corrected chi connectivity index (χ4v) is 2.90. The van der Waals surface area contributed by atoms with Crippen molar-refractivity contribution in [3.05, 3.63) is 40.1 Å². The summed E-state index contributed by atoms with van der Waals surface area (Å²) in [6, 6.07) is 5.10. The van der Waals surface area contributed by atoms with Crippen molar-refractivity contribution in [1.82, 2.24) is 0 Å². The number of ether oxygens (including phenoxy) is 2. The number of phenols is 3. The van der Waals surface area contributed by atoms with Crippen molar-refractivity contribution in [3.63, 3.8) is 0 Å². The Balaban J connectivity index is 1.91. The van der Waals surface area contributed by atoms with E-state index in [0.29, 0.717) is 24.3 Å². The molecule has 3 aromatic rings. The van der Waals surface area contributed by atoms with Gasteiger partial charge in [0, 0.05) is 17.7 Å². The molecule has 0 unspecified atom stereocenters. The van der Waals surface area contributed by atoms with Gasteiger partial charge in [-0.25, -0.2) is 0 Å². The Hall–Kier alpha value is -3.39. The molecule has 0 saturated carbocycles. The molecule has 2 heterocycles. The summed E-state index contributed by atoms with van der Waals surface area (Å²) in [5, 5.41) is 39.8. The maximum Gasteiger partial charge on any atom is 0.238 e. The molecule has 1 fully saturated rings. The third-order valence-electron chi connectivity index (χ3n) is 4.36. The van der Waals surface area contributed by atoms with Crippen LogP contribution in [-0.4, -0.2) is 39.7 Å². The van der Waals surface area contributed by atoms with Crippen LogP contribution in [0.25, 0.3) is 22.3 Å². The van der Waals surface area contributed by atoms with Gasteiger partial charge in [-0.1, -0.05) is 0 Å². The van der Waals surface area contributed by atoms with Gasteiger partial charge in [0.15, 0.2) is 17.3 Å². The fourth-order valence-electron chi connectivity index (χ4n) is 2.90. The Morgan fingerprint density at radius 1 is 1.04 bits per heavy atom. The maximum atomic E-state index is 12.5. The number of rotatable bonds is 3. The molecule has 4 N–H and O–H groups in total. The summed E-state index contributed by atoms with van der Waals surface area (Å²) < 4.78 is 16.3. The Morgan fingerprint density at radius 2 is 1.78 bits per heavy atom. The van der Waals surface area contributed by atoms with Crippen LogP contribution >= 0.6 is 0 Å². The Labute approximate surface area is 152 Å². The van der Waals surface area contributed by atoms with Crippen LogP contribution in [0.5, 0.6) is 28.7 Å². The molecular weight excluding hydrogens is 356 g/mol. The molecule has 1 saturated heterocycles. The van der Waals surface area contributed by atoms with Gasteiger partial charge in [-0.3, -0.25) is 4.79 Å². The van der Waals surface area contributed by atoms with E-state index in [1.807, 2.05) is 0 Å². The van der Waals surface area contributed by atoms with Crippen molar-refractivity contribution in [2.24, 2.45) is 0 Å². The molecule has 1 aromatic heterocycles. The minimum atomic E-state index is -0.843. The summed E-state index contributed by atoms with van der Waals surface area (Å²) in [5.74, 6) is -1.57. The number of phenolic OH excluding ortho intramolecular Hbond substituents is 3. The summed E-state index contributed by atoms with van der Waals surface area (Å²) in [4.78, 5) is 12.5. The number of hydrogen-bond acceptors (Lipinski definition) is 8. The van der Waals surface area contributed by atoms with Gasteiger partial charge in [-0.15, -0.1) is 0 Å². The zero-order valence-electron chi connectivity index (χ0n) is 14.2. The standard InChI is InChI=1S/C19H16O8/c1-8-2-9(3-14(16(8)22)26-11-6-25-7-11)19-18(24)17(23)15-12(21)4-10(20)5-13(15)27-19/h2-5,11,20-22,24H,6-7H2,1H3. The summed E-state index contributed by atoms with van der Waals surface area (Å²) in [7, 11) is 0. The summed E-state index contributed by atoms with van der Waals surface area (Å²) >= 11 is 0. The van der Waals surface area contributed by atoms with Crippen LogP contribution in [0.3, 0.4) is 0 Å². The Kier molecular flexibility index (Phi) is 3.85.